The summed E-state index contributed by atoms with van der Waals surface area (Å²) in [5.41, 5.74) is 1.68. The lowest BCUT2D eigenvalue weighted by Crippen LogP contribution is -2.38. The van der Waals surface area contributed by atoms with Crippen LogP contribution in [0.3, 0.4) is 0 Å². The van der Waals surface area contributed by atoms with Crippen molar-refractivity contribution in [1.82, 2.24) is 20.0 Å². The Morgan fingerprint density at radius 1 is 1.30 bits per heavy atom. The van der Waals surface area contributed by atoms with Crippen molar-refractivity contribution in [3.8, 4) is 5.69 Å². The average Bonchev–Trinajstić information content (AvgIpc) is 3.03. The number of hydrogen-bond acceptors (Lipinski definition) is 3. The summed E-state index contributed by atoms with van der Waals surface area (Å²) in [4.78, 5) is 14.1. The molecule has 1 N–H and O–H groups in total. The van der Waals surface area contributed by atoms with Crippen LogP contribution in [0, 0.1) is 5.82 Å². The second-order valence-electron chi connectivity index (χ2n) is 5.45. The Balaban J connectivity index is 1.99. The molecule has 0 fully saturated rings. The Morgan fingerprint density at radius 2 is 1.96 bits per heavy atom. The van der Waals surface area contributed by atoms with Crippen LogP contribution >= 0.6 is 0 Å². The first-order chi connectivity index (χ1) is 11.0. The van der Waals surface area contributed by atoms with E-state index in [1.165, 1.54) is 12.1 Å². The van der Waals surface area contributed by atoms with Gasteiger partial charge < -0.3 is 5.32 Å². The standard InChI is InChI=1S/C17H23FN4O/c1-4-21(5-2)12-17(23)20-13(3)14-10-19-22(11-14)16-8-6-15(18)7-9-16/h6-11,13H,4-5,12H2,1-3H3,(H,20,23). The Labute approximate surface area is 136 Å². The zero-order chi connectivity index (χ0) is 16.8. The second-order valence-corrected chi connectivity index (χ2v) is 5.45. The van der Waals surface area contributed by atoms with Gasteiger partial charge in [0.1, 0.15) is 5.82 Å². The monoisotopic (exact) mass is 318 g/mol. The molecule has 2 rings (SSSR count). The Bertz CT molecular complexity index is 634. The molecule has 0 aliphatic rings. The molecule has 1 amide bonds. The molecule has 2 aromatic rings. The highest BCUT2D eigenvalue weighted by molar-refractivity contribution is 5.78. The average molecular weight is 318 g/mol. The first-order valence-electron chi connectivity index (χ1n) is 7.85. The van der Waals surface area contributed by atoms with Crippen LogP contribution in [0.4, 0.5) is 4.39 Å². The normalized spacial score (nSPS) is 12.4. The Hall–Kier alpha value is -2.21. The molecule has 5 nitrogen and oxygen atoms in total. The van der Waals surface area contributed by atoms with Crippen LogP contribution in [0.25, 0.3) is 5.69 Å². The van der Waals surface area contributed by atoms with Crippen LogP contribution < -0.4 is 5.32 Å². The molecule has 23 heavy (non-hydrogen) atoms. The summed E-state index contributed by atoms with van der Waals surface area (Å²) in [6.07, 6.45) is 3.56. The van der Waals surface area contributed by atoms with Gasteiger partial charge in [-0.15, -0.1) is 0 Å². The number of carbonyl (C=O) groups is 1. The molecular weight excluding hydrogens is 295 g/mol. The molecule has 0 spiro atoms. The van der Waals surface area contributed by atoms with Gasteiger partial charge in [0.05, 0.1) is 24.5 Å². The quantitative estimate of drug-likeness (QED) is 0.853. The fourth-order valence-electron chi connectivity index (χ4n) is 2.32. The van der Waals surface area contributed by atoms with Gasteiger partial charge in [-0.25, -0.2) is 9.07 Å². The summed E-state index contributed by atoms with van der Waals surface area (Å²) < 4.78 is 14.6. The second kappa shape index (κ2) is 7.87. The van der Waals surface area contributed by atoms with Crippen molar-refractivity contribution in [2.24, 2.45) is 0 Å². The lowest BCUT2D eigenvalue weighted by atomic mass is 10.2. The summed E-state index contributed by atoms with van der Waals surface area (Å²) >= 11 is 0. The lowest BCUT2D eigenvalue weighted by molar-refractivity contribution is -0.122. The zero-order valence-electron chi connectivity index (χ0n) is 13.8. The molecule has 1 atom stereocenters. The Morgan fingerprint density at radius 3 is 2.57 bits per heavy atom. The number of nitrogens with zero attached hydrogens (tertiary/aromatic N) is 3. The number of likely N-dealkylation sites (N-methyl/N-ethyl adjacent to an activating group) is 1. The SMILES string of the molecule is CCN(CC)CC(=O)NC(C)c1cnn(-c2ccc(F)cc2)c1. The van der Waals surface area contributed by atoms with Crippen molar-refractivity contribution in [3.05, 3.63) is 48.0 Å². The molecule has 0 aliphatic heterocycles. The molecule has 1 heterocycles. The van der Waals surface area contributed by atoms with Gasteiger partial charge in [0.15, 0.2) is 0 Å². The van der Waals surface area contributed by atoms with E-state index < -0.39 is 0 Å². The smallest absolute Gasteiger partial charge is 0.234 e. The van der Waals surface area contributed by atoms with Crippen molar-refractivity contribution < 1.29 is 9.18 Å². The van der Waals surface area contributed by atoms with Crippen molar-refractivity contribution in [2.45, 2.75) is 26.8 Å². The maximum Gasteiger partial charge on any atom is 0.234 e. The first-order valence-corrected chi connectivity index (χ1v) is 7.85. The summed E-state index contributed by atoms with van der Waals surface area (Å²) in [5.74, 6) is -0.283. The van der Waals surface area contributed by atoms with E-state index in [4.69, 9.17) is 0 Å². The molecular formula is C17H23FN4O. The van der Waals surface area contributed by atoms with Gasteiger partial charge in [-0.3, -0.25) is 9.69 Å². The number of nitrogens with one attached hydrogen (secondary N) is 1. The Kier molecular flexibility index (Phi) is 5.87. The molecule has 0 saturated carbocycles. The summed E-state index contributed by atoms with van der Waals surface area (Å²) in [5, 5.41) is 7.25. The van der Waals surface area contributed by atoms with E-state index in [1.807, 2.05) is 27.0 Å². The highest BCUT2D eigenvalue weighted by Gasteiger charge is 2.13. The number of amides is 1. The molecule has 0 bridgehead atoms. The van der Waals surface area contributed by atoms with Crippen molar-refractivity contribution in [2.75, 3.05) is 19.6 Å². The molecule has 6 heteroatoms. The molecule has 1 aromatic carbocycles. The summed E-state index contributed by atoms with van der Waals surface area (Å²) in [6, 6.07) is 5.98. The van der Waals surface area contributed by atoms with Crippen LogP contribution in [0.1, 0.15) is 32.4 Å². The van der Waals surface area contributed by atoms with Crippen molar-refractivity contribution >= 4 is 5.91 Å². The van der Waals surface area contributed by atoms with E-state index in [9.17, 15) is 9.18 Å². The van der Waals surface area contributed by atoms with E-state index in [-0.39, 0.29) is 17.8 Å². The molecule has 0 aliphatic carbocycles. The van der Waals surface area contributed by atoms with E-state index in [2.05, 4.69) is 15.3 Å². The maximum absolute atomic E-state index is 13.0. The van der Waals surface area contributed by atoms with E-state index in [0.29, 0.717) is 6.54 Å². The van der Waals surface area contributed by atoms with Gasteiger partial charge in [-0.05, 0) is 44.3 Å². The van der Waals surface area contributed by atoms with Crippen molar-refractivity contribution in [3.63, 3.8) is 0 Å². The minimum Gasteiger partial charge on any atom is -0.348 e. The van der Waals surface area contributed by atoms with Gasteiger partial charge in [0, 0.05) is 11.8 Å². The number of aromatic nitrogens is 2. The van der Waals surface area contributed by atoms with Crippen LogP contribution in [0.15, 0.2) is 36.7 Å². The largest absolute Gasteiger partial charge is 0.348 e. The molecule has 0 radical (unpaired) electrons. The van der Waals surface area contributed by atoms with Gasteiger partial charge in [0.2, 0.25) is 5.91 Å². The minimum absolute atomic E-state index is 0.00395. The number of halogens is 1. The van der Waals surface area contributed by atoms with E-state index in [0.717, 1.165) is 24.3 Å². The molecule has 0 saturated heterocycles. The number of benzene rings is 1. The van der Waals surface area contributed by atoms with Gasteiger partial charge in [-0.2, -0.15) is 5.10 Å². The van der Waals surface area contributed by atoms with E-state index >= 15 is 0 Å². The van der Waals surface area contributed by atoms with Crippen LogP contribution in [0.5, 0.6) is 0 Å². The summed E-state index contributed by atoms with van der Waals surface area (Å²) in [7, 11) is 0. The highest BCUT2D eigenvalue weighted by atomic mass is 19.1. The molecule has 124 valence electrons. The third-order valence-electron chi connectivity index (χ3n) is 3.83. The topological polar surface area (TPSA) is 50.2 Å². The van der Waals surface area contributed by atoms with Crippen LogP contribution in [-0.2, 0) is 4.79 Å². The lowest BCUT2D eigenvalue weighted by Gasteiger charge is -2.19. The maximum atomic E-state index is 13.0. The molecule has 1 unspecified atom stereocenters. The number of rotatable bonds is 7. The fraction of sp³-hybridized carbons (Fsp3) is 0.412. The van der Waals surface area contributed by atoms with Gasteiger partial charge >= 0.3 is 0 Å². The van der Waals surface area contributed by atoms with Crippen LogP contribution in [-0.4, -0.2) is 40.2 Å². The minimum atomic E-state index is -0.279. The molecule has 1 aromatic heterocycles. The van der Waals surface area contributed by atoms with Crippen molar-refractivity contribution in [1.29, 1.82) is 0 Å². The fourth-order valence-corrected chi connectivity index (χ4v) is 2.32. The predicted octanol–water partition coefficient (Wildman–Crippen LogP) is 2.53. The number of hydrogen-bond donors (Lipinski definition) is 1. The zero-order valence-corrected chi connectivity index (χ0v) is 13.8. The third kappa shape index (κ3) is 4.63. The van der Waals surface area contributed by atoms with Gasteiger partial charge in [-0.1, -0.05) is 13.8 Å². The first kappa shape index (κ1) is 17.1. The highest BCUT2D eigenvalue weighted by Crippen LogP contribution is 2.14. The summed E-state index contributed by atoms with van der Waals surface area (Å²) in [6.45, 7) is 8.08. The third-order valence-corrected chi connectivity index (χ3v) is 3.83. The van der Waals surface area contributed by atoms with Gasteiger partial charge in [0.25, 0.3) is 0 Å². The predicted molar refractivity (Wildman–Crippen MR) is 87.9 cm³/mol. The van der Waals surface area contributed by atoms with Crippen LogP contribution in [0.2, 0.25) is 0 Å². The van der Waals surface area contributed by atoms with E-state index in [1.54, 1.807) is 23.0 Å². The number of carbonyl (C=O) groups excluding carboxylic acids is 1.